The molecule has 0 aliphatic rings. The minimum Gasteiger partial charge on any atom is -0.455 e. The number of fused-ring (bicyclic) bond motifs is 6. The van der Waals surface area contributed by atoms with E-state index < -0.39 is 24.2 Å². The van der Waals surface area contributed by atoms with Crippen molar-refractivity contribution >= 4 is 54.3 Å². The summed E-state index contributed by atoms with van der Waals surface area (Å²) in [4.78, 5) is 0. The molecule has 0 aliphatic heterocycles. The Morgan fingerprint density at radius 2 is 0.907 bits per heavy atom. The van der Waals surface area contributed by atoms with E-state index in [0.29, 0.717) is 22.3 Å². The highest BCUT2D eigenvalue weighted by molar-refractivity contribution is 6.24. The van der Waals surface area contributed by atoms with Crippen LogP contribution in [0.15, 0.2) is 162 Å². The minimum atomic E-state index is -0.426. The fourth-order valence-electron chi connectivity index (χ4n) is 6.50. The monoisotopic (exact) mass is 554 g/mol. The summed E-state index contributed by atoms with van der Waals surface area (Å²) in [6.07, 6.45) is 0. The third-order valence-electron chi connectivity index (χ3n) is 8.33. The van der Waals surface area contributed by atoms with Crippen LogP contribution < -0.4 is 0 Å². The first-order valence-electron chi connectivity index (χ1n) is 18.1. The Morgan fingerprint density at radius 1 is 0.372 bits per heavy atom. The second-order valence-corrected chi connectivity index (χ2v) is 10.6. The van der Waals surface area contributed by atoms with Gasteiger partial charge in [0.25, 0.3) is 0 Å². The maximum absolute atomic E-state index is 9.30. The van der Waals surface area contributed by atoms with Gasteiger partial charge in [-0.25, -0.2) is 0 Å². The second kappa shape index (κ2) is 9.44. The van der Waals surface area contributed by atoms with Gasteiger partial charge in [-0.2, -0.15) is 0 Å². The van der Waals surface area contributed by atoms with Gasteiger partial charge in [-0.1, -0.05) is 151 Å². The lowest BCUT2D eigenvalue weighted by Crippen LogP contribution is -1.92. The van der Waals surface area contributed by atoms with Crippen LogP contribution >= 0.6 is 0 Å². The summed E-state index contributed by atoms with van der Waals surface area (Å²) < 4.78 is 78.3. The Labute approximate surface area is 260 Å². The normalized spacial score (nSPS) is 14.3. The summed E-state index contributed by atoms with van der Waals surface area (Å²) in [7, 11) is 0. The van der Waals surface area contributed by atoms with E-state index in [1.165, 1.54) is 0 Å². The second-order valence-electron chi connectivity index (χ2n) is 10.6. The largest absolute Gasteiger partial charge is 0.455 e. The molecular formula is C42H26O. The molecule has 0 fully saturated rings. The molecule has 0 atom stereocenters. The van der Waals surface area contributed by atoms with Gasteiger partial charge in [0.1, 0.15) is 11.2 Å². The zero-order chi connectivity index (χ0) is 35.3. The molecule has 1 aromatic heterocycles. The summed E-state index contributed by atoms with van der Waals surface area (Å²) in [6, 6.07) is 31.7. The molecule has 200 valence electrons. The number of benzene rings is 8. The van der Waals surface area contributed by atoms with Gasteiger partial charge in [0.05, 0.1) is 11.0 Å². The van der Waals surface area contributed by atoms with Crippen molar-refractivity contribution in [3.8, 4) is 33.4 Å². The van der Waals surface area contributed by atoms with Crippen molar-refractivity contribution in [3.05, 3.63) is 158 Å². The highest BCUT2D eigenvalue weighted by Crippen LogP contribution is 2.47. The van der Waals surface area contributed by atoms with Crippen LogP contribution in [0.2, 0.25) is 0 Å². The average Bonchev–Trinajstić information content (AvgIpc) is 3.55. The molecule has 9 rings (SSSR count). The Morgan fingerprint density at radius 3 is 1.60 bits per heavy atom. The molecule has 43 heavy (non-hydrogen) atoms. The summed E-state index contributed by atoms with van der Waals surface area (Å²) in [5, 5.41) is 4.35. The number of hydrogen-bond donors (Lipinski definition) is 0. The van der Waals surface area contributed by atoms with Gasteiger partial charge in [0, 0.05) is 16.3 Å². The Balaban J connectivity index is 1.49. The smallest absolute Gasteiger partial charge is 0.143 e. The predicted octanol–water partition coefficient (Wildman–Crippen LogP) is 12.0. The van der Waals surface area contributed by atoms with Crippen LogP contribution in [-0.4, -0.2) is 0 Å². The highest BCUT2D eigenvalue weighted by atomic mass is 16.3. The molecule has 0 spiro atoms. The zero-order valence-electron chi connectivity index (χ0n) is 30.8. The summed E-state index contributed by atoms with van der Waals surface area (Å²) in [5.74, 6) is 0. The highest BCUT2D eigenvalue weighted by Gasteiger charge is 2.20. The number of para-hydroxylation sites is 2. The van der Waals surface area contributed by atoms with Crippen LogP contribution in [0.5, 0.6) is 0 Å². The van der Waals surface area contributed by atoms with Crippen LogP contribution in [0.4, 0.5) is 0 Å². The lowest BCUT2D eigenvalue weighted by atomic mass is 9.84. The summed E-state index contributed by atoms with van der Waals surface area (Å²) in [5.41, 5.74) is 5.10. The van der Waals surface area contributed by atoms with E-state index >= 15 is 0 Å². The first-order chi connectivity index (χ1) is 24.7. The van der Waals surface area contributed by atoms with Gasteiger partial charge >= 0.3 is 0 Å². The Hall–Kier alpha value is -5.66. The van der Waals surface area contributed by atoms with E-state index in [0.717, 1.165) is 43.8 Å². The van der Waals surface area contributed by atoms with Gasteiger partial charge < -0.3 is 4.42 Å². The van der Waals surface area contributed by atoms with Gasteiger partial charge in [0.2, 0.25) is 0 Å². The van der Waals surface area contributed by atoms with Gasteiger partial charge in [-0.15, -0.1) is 0 Å². The molecule has 0 radical (unpaired) electrons. The molecule has 0 amide bonds. The van der Waals surface area contributed by atoms with E-state index in [-0.39, 0.29) is 45.7 Å². The van der Waals surface area contributed by atoms with Gasteiger partial charge in [0.15, 0.2) is 0 Å². The average molecular weight is 555 g/mol. The van der Waals surface area contributed by atoms with E-state index in [1.807, 2.05) is 84.9 Å². The van der Waals surface area contributed by atoms with Crippen LogP contribution in [0.3, 0.4) is 0 Å². The van der Waals surface area contributed by atoms with Crippen molar-refractivity contribution in [2.24, 2.45) is 0 Å². The first kappa shape index (κ1) is 17.3. The molecule has 0 N–H and O–H groups in total. The quantitative estimate of drug-likeness (QED) is 0.198. The SMILES string of the molecule is [2H]c1c([2H])c([2H])c2c(-c3ccc(-c4cccc5c4oc4ccccc45)c4ccccc34)c3c([2H])c([2H])c([2H])c([2H])c3c(-c3ccccc3)c2c1[2H]. The van der Waals surface area contributed by atoms with Crippen LogP contribution in [-0.2, 0) is 0 Å². The fraction of sp³-hybridized carbons (Fsp3) is 0. The maximum atomic E-state index is 9.30. The van der Waals surface area contributed by atoms with Crippen molar-refractivity contribution < 1.29 is 15.4 Å². The van der Waals surface area contributed by atoms with E-state index in [9.17, 15) is 5.48 Å². The van der Waals surface area contributed by atoms with Crippen molar-refractivity contribution in [2.45, 2.75) is 0 Å². The van der Waals surface area contributed by atoms with Crippen LogP contribution in [0.25, 0.3) is 87.6 Å². The van der Waals surface area contributed by atoms with Crippen molar-refractivity contribution in [3.63, 3.8) is 0 Å². The molecular weight excluding hydrogens is 520 g/mol. The van der Waals surface area contributed by atoms with E-state index in [1.54, 1.807) is 24.3 Å². The third kappa shape index (κ3) is 3.58. The number of hydrogen-bond acceptors (Lipinski definition) is 1. The van der Waals surface area contributed by atoms with Gasteiger partial charge in [-0.05, 0) is 66.2 Å². The Bertz CT molecular complexity index is 2870. The molecule has 1 heterocycles. The molecule has 1 nitrogen and oxygen atoms in total. The maximum Gasteiger partial charge on any atom is 0.143 e. The van der Waals surface area contributed by atoms with Gasteiger partial charge in [-0.3, -0.25) is 0 Å². The molecule has 0 saturated heterocycles. The standard InChI is InChI=1S/C42H26O/c1-2-13-27(14-3-1)40-32-18-6-8-20-34(32)41(35-21-9-7-19-33(35)40)36-26-25-30(28-15-4-5-16-29(28)36)37-22-12-23-38-31-17-10-11-24-39(31)43-42(37)38/h1-26H/i6D,7D,8D,9D,18D,19D,20D,21D. The van der Waals surface area contributed by atoms with Crippen molar-refractivity contribution in [1.29, 1.82) is 0 Å². The minimum absolute atomic E-state index is 0.190. The summed E-state index contributed by atoms with van der Waals surface area (Å²) in [6.45, 7) is 0. The fourth-order valence-corrected chi connectivity index (χ4v) is 6.50. The molecule has 1 heteroatoms. The van der Waals surface area contributed by atoms with E-state index in [4.69, 9.17) is 9.90 Å². The van der Waals surface area contributed by atoms with Crippen molar-refractivity contribution in [2.75, 3.05) is 0 Å². The van der Waals surface area contributed by atoms with Crippen molar-refractivity contribution in [1.82, 2.24) is 0 Å². The van der Waals surface area contributed by atoms with Crippen LogP contribution in [0, 0.1) is 0 Å². The molecule has 0 bridgehead atoms. The molecule has 0 unspecified atom stereocenters. The lowest BCUT2D eigenvalue weighted by molar-refractivity contribution is 0.670. The summed E-state index contributed by atoms with van der Waals surface area (Å²) >= 11 is 0. The van der Waals surface area contributed by atoms with E-state index in [2.05, 4.69) is 0 Å². The molecule has 0 saturated carbocycles. The number of furan rings is 1. The molecule has 8 aromatic carbocycles. The Kier molecular flexibility index (Phi) is 3.80. The zero-order valence-corrected chi connectivity index (χ0v) is 22.8. The van der Waals surface area contributed by atoms with Crippen LogP contribution in [0.1, 0.15) is 11.0 Å². The number of rotatable bonds is 3. The molecule has 9 aromatic rings. The topological polar surface area (TPSA) is 13.1 Å². The molecule has 0 aliphatic carbocycles. The third-order valence-corrected chi connectivity index (χ3v) is 8.33. The predicted molar refractivity (Wildman–Crippen MR) is 183 cm³/mol. The lowest BCUT2D eigenvalue weighted by Gasteiger charge is -2.19. The first-order valence-corrected chi connectivity index (χ1v) is 14.1.